The van der Waals surface area contributed by atoms with Crippen LogP contribution >= 0.6 is 0 Å². The van der Waals surface area contributed by atoms with E-state index in [1.54, 1.807) is 21.2 Å². The second kappa shape index (κ2) is 8.21. The first-order valence-corrected chi connectivity index (χ1v) is 8.07. The Labute approximate surface area is 137 Å². The summed E-state index contributed by atoms with van der Waals surface area (Å²) in [5, 5.41) is 5.60. The third kappa shape index (κ3) is 4.87. The fourth-order valence-electron chi connectivity index (χ4n) is 3.09. The number of carbonyl (C=O) groups excluding carboxylic acids is 1. The van der Waals surface area contributed by atoms with Crippen LogP contribution in [0.1, 0.15) is 31.2 Å². The zero-order valence-electron chi connectivity index (χ0n) is 14.3. The number of hydrogen-bond donors (Lipinski definition) is 2. The Kier molecular flexibility index (Phi) is 6.29. The lowest BCUT2D eigenvalue weighted by atomic mass is 9.87. The Balaban J connectivity index is 1.96. The van der Waals surface area contributed by atoms with E-state index in [9.17, 15) is 4.79 Å². The molecule has 1 atom stereocenters. The molecule has 23 heavy (non-hydrogen) atoms. The molecule has 2 N–H and O–H groups in total. The van der Waals surface area contributed by atoms with Crippen molar-refractivity contribution in [1.29, 1.82) is 0 Å². The molecule has 2 rings (SSSR count). The summed E-state index contributed by atoms with van der Waals surface area (Å²) < 4.78 is 5.82. The number of piperidine rings is 1. The van der Waals surface area contributed by atoms with Crippen LogP contribution in [-0.4, -0.2) is 60.7 Å². The topological polar surface area (TPSA) is 79.4 Å². The van der Waals surface area contributed by atoms with E-state index >= 15 is 0 Å². The summed E-state index contributed by atoms with van der Waals surface area (Å²) in [6.45, 7) is 2.65. The highest BCUT2D eigenvalue weighted by atomic mass is 16.5. The molecule has 1 aromatic rings. The molecule has 1 fully saturated rings. The van der Waals surface area contributed by atoms with Crippen LogP contribution in [0, 0.1) is 0 Å². The maximum absolute atomic E-state index is 11.5. The highest BCUT2D eigenvalue weighted by Gasteiger charge is 2.35. The Morgan fingerprint density at radius 1 is 1.39 bits per heavy atom. The predicted octanol–water partition coefficient (Wildman–Crippen LogP) is 1.03. The number of ether oxygens (including phenoxy) is 1. The minimum Gasteiger partial charge on any atom is -0.377 e. The minimum atomic E-state index is -0.240. The molecule has 0 spiro atoms. The second-order valence-electron chi connectivity index (χ2n) is 6.04. The van der Waals surface area contributed by atoms with Crippen molar-refractivity contribution < 1.29 is 9.53 Å². The second-order valence-corrected chi connectivity index (χ2v) is 6.04. The number of anilines is 1. The lowest BCUT2D eigenvalue weighted by Crippen LogP contribution is -2.49. The Bertz CT molecular complexity index is 508. The van der Waals surface area contributed by atoms with Crippen molar-refractivity contribution >= 4 is 11.9 Å². The molecule has 0 aliphatic carbocycles. The van der Waals surface area contributed by atoms with Gasteiger partial charge >= 0.3 is 0 Å². The molecular weight excluding hydrogens is 294 g/mol. The van der Waals surface area contributed by atoms with Crippen molar-refractivity contribution in [2.45, 2.75) is 37.8 Å². The summed E-state index contributed by atoms with van der Waals surface area (Å²) >= 11 is 0. The quantitative estimate of drug-likeness (QED) is 0.781. The van der Waals surface area contributed by atoms with E-state index in [1.165, 1.54) is 0 Å². The molecule has 1 aromatic heterocycles. The maximum Gasteiger partial charge on any atom is 0.222 e. The summed E-state index contributed by atoms with van der Waals surface area (Å²) in [6, 6.07) is 0. The Morgan fingerprint density at radius 2 is 2.13 bits per heavy atom. The average Bonchev–Trinajstić information content (AvgIpc) is 2.60. The van der Waals surface area contributed by atoms with E-state index < -0.39 is 0 Å². The zero-order valence-corrected chi connectivity index (χ0v) is 14.3. The first kappa shape index (κ1) is 17.6. The Morgan fingerprint density at radius 3 is 2.74 bits per heavy atom. The van der Waals surface area contributed by atoms with Crippen LogP contribution < -0.4 is 10.6 Å². The smallest absolute Gasteiger partial charge is 0.222 e. The predicted molar refractivity (Wildman–Crippen MR) is 89.1 cm³/mol. The van der Waals surface area contributed by atoms with Crippen LogP contribution in [0.15, 0.2) is 12.4 Å². The van der Waals surface area contributed by atoms with Gasteiger partial charge in [0, 0.05) is 58.7 Å². The van der Waals surface area contributed by atoms with Crippen molar-refractivity contribution in [2.75, 3.05) is 39.6 Å². The number of likely N-dealkylation sites (tertiary alicyclic amines) is 1. The molecule has 0 radical (unpaired) electrons. The van der Waals surface area contributed by atoms with Crippen molar-refractivity contribution in [1.82, 2.24) is 20.2 Å². The normalized spacial score (nSPS) is 21.9. The van der Waals surface area contributed by atoms with Gasteiger partial charge in [0.05, 0.1) is 5.60 Å². The van der Waals surface area contributed by atoms with E-state index in [-0.39, 0.29) is 11.5 Å². The van der Waals surface area contributed by atoms with E-state index in [0.29, 0.717) is 12.4 Å². The van der Waals surface area contributed by atoms with E-state index in [1.807, 2.05) is 12.4 Å². The third-order valence-corrected chi connectivity index (χ3v) is 4.47. The van der Waals surface area contributed by atoms with Crippen LogP contribution in [0.2, 0.25) is 0 Å². The molecule has 0 saturated carbocycles. The SMILES string of the molecule is CNC(=O)CC[C@@]1(OC)CCCN(Cc2cnc(NC)nc2)C1. The minimum absolute atomic E-state index is 0.0644. The van der Waals surface area contributed by atoms with Crippen LogP contribution in [0.3, 0.4) is 0 Å². The van der Waals surface area contributed by atoms with Crippen LogP contribution in [0.5, 0.6) is 0 Å². The van der Waals surface area contributed by atoms with Gasteiger partial charge in [0.25, 0.3) is 0 Å². The molecule has 2 heterocycles. The zero-order chi connectivity index (χ0) is 16.7. The highest BCUT2D eigenvalue weighted by molar-refractivity contribution is 5.75. The van der Waals surface area contributed by atoms with Crippen molar-refractivity contribution in [3.63, 3.8) is 0 Å². The highest BCUT2D eigenvalue weighted by Crippen LogP contribution is 2.30. The number of rotatable bonds is 7. The fraction of sp³-hybridized carbons (Fsp3) is 0.688. The number of aromatic nitrogens is 2. The van der Waals surface area contributed by atoms with Gasteiger partial charge in [0.1, 0.15) is 0 Å². The van der Waals surface area contributed by atoms with Crippen LogP contribution in [0.25, 0.3) is 0 Å². The number of nitrogens with zero attached hydrogens (tertiary/aromatic N) is 3. The summed E-state index contributed by atoms with van der Waals surface area (Å²) in [6.07, 6.45) is 7.01. The van der Waals surface area contributed by atoms with E-state index in [4.69, 9.17) is 4.74 Å². The number of amides is 1. The van der Waals surface area contributed by atoms with Gasteiger partial charge in [-0.3, -0.25) is 9.69 Å². The lowest BCUT2D eigenvalue weighted by Gasteiger charge is -2.42. The molecule has 0 unspecified atom stereocenters. The van der Waals surface area contributed by atoms with Gasteiger partial charge in [-0.2, -0.15) is 0 Å². The van der Waals surface area contributed by atoms with Gasteiger partial charge in [-0.15, -0.1) is 0 Å². The molecule has 0 aromatic carbocycles. The van der Waals surface area contributed by atoms with Crippen molar-refractivity contribution in [3.8, 4) is 0 Å². The summed E-state index contributed by atoms with van der Waals surface area (Å²) in [5.41, 5.74) is 0.846. The first-order chi connectivity index (χ1) is 11.1. The molecule has 1 aliphatic rings. The maximum atomic E-state index is 11.5. The molecule has 7 heteroatoms. The average molecular weight is 321 g/mol. The summed E-state index contributed by atoms with van der Waals surface area (Å²) in [4.78, 5) is 22.4. The molecule has 1 saturated heterocycles. The molecule has 7 nitrogen and oxygen atoms in total. The fourth-order valence-corrected chi connectivity index (χ4v) is 3.09. The van der Waals surface area contributed by atoms with Gasteiger partial charge in [0.2, 0.25) is 11.9 Å². The van der Waals surface area contributed by atoms with Gasteiger partial charge in [-0.1, -0.05) is 0 Å². The van der Waals surface area contributed by atoms with Gasteiger partial charge < -0.3 is 15.4 Å². The van der Waals surface area contributed by atoms with E-state index in [2.05, 4.69) is 25.5 Å². The van der Waals surface area contributed by atoms with Crippen LogP contribution in [0.4, 0.5) is 5.95 Å². The number of methoxy groups -OCH3 is 1. The van der Waals surface area contributed by atoms with E-state index in [0.717, 1.165) is 44.5 Å². The monoisotopic (exact) mass is 321 g/mol. The van der Waals surface area contributed by atoms with Crippen molar-refractivity contribution in [2.24, 2.45) is 0 Å². The number of nitrogens with one attached hydrogen (secondary N) is 2. The van der Waals surface area contributed by atoms with Gasteiger partial charge in [-0.25, -0.2) is 9.97 Å². The number of carbonyl (C=O) groups is 1. The Hall–Kier alpha value is -1.73. The third-order valence-electron chi connectivity index (χ3n) is 4.47. The van der Waals surface area contributed by atoms with Crippen LogP contribution in [-0.2, 0) is 16.1 Å². The molecule has 1 aliphatic heterocycles. The standard InChI is InChI=1S/C16H27N5O2/c1-17-14(22)5-7-16(23-3)6-4-8-21(12-16)11-13-9-19-15(18-2)20-10-13/h9-10H,4-8,11-12H2,1-3H3,(H,17,22)(H,18,19,20)/t16-/m0/s1. The number of hydrogen-bond acceptors (Lipinski definition) is 6. The molecule has 1 amide bonds. The first-order valence-electron chi connectivity index (χ1n) is 8.07. The summed E-state index contributed by atoms with van der Waals surface area (Å²) in [7, 11) is 5.22. The van der Waals surface area contributed by atoms with Gasteiger partial charge in [-0.05, 0) is 25.8 Å². The molecule has 128 valence electrons. The molecular formula is C16H27N5O2. The van der Waals surface area contributed by atoms with Gasteiger partial charge in [0.15, 0.2) is 0 Å². The lowest BCUT2D eigenvalue weighted by molar-refractivity contribution is -0.124. The summed E-state index contributed by atoms with van der Waals surface area (Å²) in [5.74, 6) is 0.693. The molecule has 0 bridgehead atoms. The van der Waals surface area contributed by atoms with Crippen molar-refractivity contribution in [3.05, 3.63) is 18.0 Å². The largest absolute Gasteiger partial charge is 0.377 e.